The molecule has 1 N–H and O–H groups in total. The van der Waals surface area contributed by atoms with Gasteiger partial charge in [0.2, 0.25) is 0 Å². The molecule has 0 saturated carbocycles. The highest BCUT2D eigenvalue weighted by molar-refractivity contribution is 7.99. The van der Waals surface area contributed by atoms with E-state index in [1.807, 2.05) is 11.8 Å². The second kappa shape index (κ2) is 9.79. The van der Waals surface area contributed by atoms with Crippen LogP contribution in [0.5, 0.6) is 0 Å². The van der Waals surface area contributed by atoms with Crippen molar-refractivity contribution in [3.05, 3.63) is 58.3 Å². The molecule has 1 aliphatic carbocycles. The predicted octanol–water partition coefficient (Wildman–Crippen LogP) is 6.01. The Hall–Kier alpha value is -2.28. The van der Waals surface area contributed by atoms with Crippen molar-refractivity contribution >= 4 is 34.1 Å². The number of nitrogens with zero attached hydrogens (tertiary/aromatic N) is 2. The van der Waals surface area contributed by atoms with E-state index in [0.29, 0.717) is 6.04 Å². The number of hydrogen-bond acceptors (Lipinski definition) is 5. The minimum atomic E-state index is -0.275. The minimum absolute atomic E-state index is 0.166. The van der Waals surface area contributed by atoms with Crippen molar-refractivity contribution in [3.63, 3.8) is 0 Å². The molecule has 2 fully saturated rings. The molecule has 2 saturated heterocycles. The van der Waals surface area contributed by atoms with Crippen LogP contribution >= 0.6 is 11.8 Å². The number of morpholine rings is 1. The molecule has 196 valence electrons. The first-order valence-corrected chi connectivity index (χ1v) is 15.0. The van der Waals surface area contributed by atoms with E-state index in [1.165, 1.54) is 29.0 Å². The molecule has 2 aromatic carbocycles. The molecule has 0 spiro atoms. The maximum absolute atomic E-state index is 14.0. The van der Waals surface area contributed by atoms with Gasteiger partial charge in [0.15, 0.2) is 5.78 Å². The first-order chi connectivity index (χ1) is 17.9. The molecule has 0 amide bonds. The Kier molecular flexibility index (Phi) is 6.62. The van der Waals surface area contributed by atoms with Crippen LogP contribution in [-0.4, -0.2) is 66.9 Å². The second-order valence-corrected chi connectivity index (χ2v) is 12.6. The molecule has 6 heteroatoms. The molecule has 5 nitrogen and oxygen atoms in total. The number of aromatic amines is 1. The molecule has 0 bridgehead atoms. The maximum atomic E-state index is 14.0. The van der Waals surface area contributed by atoms with Crippen LogP contribution in [0.1, 0.15) is 73.3 Å². The molecular weight excluding hydrogens is 478 g/mol. The van der Waals surface area contributed by atoms with Crippen molar-refractivity contribution in [1.82, 2.24) is 9.88 Å². The molecule has 3 aliphatic rings. The Labute approximate surface area is 224 Å². The summed E-state index contributed by atoms with van der Waals surface area (Å²) in [6.45, 7) is 14.9. The van der Waals surface area contributed by atoms with Gasteiger partial charge < -0.3 is 14.6 Å². The van der Waals surface area contributed by atoms with Crippen LogP contribution in [0.25, 0.3) is 10.9 Å². The van der Waals surface area contributed by atoms with Gasteiger partial charge in [-0.2, -0.15) is 0 Å². The van der Waals surface area contributed by atoms with Gasteiger partial charge in [-0.3, -0.25) is 9.69 Å². The zero-order valence-corrected chi connectivity index (χ0v) is 23.5. The molecule has 2 aliphatic heterocycles. The summed E-state index contributed by atoms with van der Waals surface area (Å²) in [5, 5.41) is 1.05. The number of anilines is 1. The third kappa shape index (κ3) is 4.21. The summed E-state index contributed by atoms with van der Waals surface area (Å²) in [6.07, 6.45) is 3.30. The van der Waals surface area contributed by atoms with Crippen molar-refractivity contribution in [3.8, 4) is 0 Å². The topological polar surface area (TPSA) is 48.6 Å². The van der Waals surface area contributed by atoms with Gasteiger partial charge in [0.05, 0.1) is 18.8 Å². The number of ether oxygens (including phenoxy) is 1. The first-order valence-electron chi connectivity index (χ1n) is 14.0. The molecule has 1 aromatic heterocycles. The van der Waals surface area contributed by atoms with Gasteiger partial charge in [0.1, 0.15) is 0 Å². The van der Waals surface area contributed by atoms with Gasteiger partial charge in [0, 0.05) is 70.4 Å². The number of carbonyl (C=O) groups excluding carboxylic acids is 1. The molecular formula is C31H39N3O2S. The summed E-state index contributed by atoms with van der Waals surface area (Å²) in [6, 6.07) is 11.7. The number of aryl methyl sites for hydroxylation is 1. The van der Waals surface area contributed by atoms with E-state index >= 15 is 0 Å². The Morgan fingerprint density at radius 3 is 2.51 bits per heavy atom. The van der Waals surface area contributed by atoms with Gasteiger partial charge in [0.25, 0.3) is 0 Å². The van der Waals surface area contributed by atoms with Crippen LogP contribution in [0.15, 0.2) is 35.2 Å². The lowest BCUT2D eigenvalue weighted by Crippen LogP contribution is -2.49. The van der Waals surface area contributed by atoms with Crippen LogP contribution in [0.2, 0.25) is 0 Å². The molecule has 6 rings (SSSR count). The average Bonchev–Trinajstić information content (AvgIpc) is 3.32. The van der Waals surface area contributed by atoms with Gasteiger partial charge >= 0.3 is 0 Å². The van der Waals surface area contributed by atoms with E-state index in [-0.39, 0.29) is 11.2 Å². The largest absolute Gasteiger partial charge is 0.379 e. The van der Waals surface area contributed by atoms with Crippen LogP contribution in [-0.2, 0) is 16.6 Å². The van der Waals surface area contributed by atoms with Gasteiger partial charge in [-0.05, 0) is 60.4 Å². The molecule has 37 heavy (non-hydrogen) atoms. The summed E-state index contributed by atoms with van der Waals surface area (Å²) in [4.78, 5) is 24.1. The Bertz CT molecular complexity index is 1330. The number of ketones is 1. The van der Waals surface area contributed by atoms with Gasteiger partial charge in [-0.1, -0.05) is 33.8 Å². The average molecular weight is 518 g/mol. The zero-order valence-electron chi connectivity index (χ0n) is 22.7. The van der Waals surface area contributed by atoms with Crippen molar-refractivity contribution in [2.75, 3.05) is 50.0 Å². The third-order valence-corrected chi connectivity index (χ3v) is 9.69. The standard InChI is InChI=1S/C31H39N3O2S/c1-5-20-17-24-25(19-27(20)34-11-9-21(10-12-34)33-13-15-36-16-14-33)31(3,4)30-28(29(24)35)23-8-7-22(37-6-2)18-26(23)32-30/h7-8,17-19,21,32H,5-6,9-16H2,1-4H3. The Morgan fingerprint density at radius 1 is 1.05 bits per heavy atom. The van der Waals surface area contributed by atoms with E-state index in [0.717, 1.165) is 84.9 Å². The summed E-state index contributed by atoms with van der Waals surface area (Å²) < 4.78 is 5.57. The number of H-pyrrole nitrogens is 1. The normalized spacial score (nSPS) is 20.3. The summed E-state index contributed by atoms with van der Waals surface area (Å²) in [5.41, 5.74) is 7.36. The number of piperidine rings is 1. The molecule has 0 atom stereocenters. The fourth-order valence-electron chi connectivity index (χ4n) is 6.74. The number of carbonyl (C=O) groups is 1. The minimum Gasteiger partial charge on any atom is -0.379 e. The highest BCUT2D eigenvalue weighted by Gasteiger charge is 2.40. The van der Waals surface area contributed by atoms with E-state index < -0.39 is 0 Å². The van der Waals surface area contributed by atoms with Crippen molar-refractivity contribution in [2.45, 2.75) is 63.3 Å². The van der Waals surface area contributed by atoms with Gasteiger partial charge in [-0.25, -0.2) is 0 Å². The smallest absolute Gasteiger partial charge is 0.195 e. The van der Waals surface area contributed by atoms with Crippen molar-refractivity contribution in [1.29, 1.82) is 0 Å². The Morgan fingerprint density at radius 2 is 1.81 bits per heavy atom. The lowest BCUT2D eigenvalue weighted by molar-refractivity contribution is 0.0115. The Balaban J connectivity index is 1.35. The second-order valence-electron chi connectivity index (χ2n) is 11.2. The van der Waals surface area contributed by atoms with E-state index in [1.54, 1.807) is 0 Å². The molecule has 0 unspecified atom stereocenters. The quantitative estimate of drug-likeness (QED) is 0.420. The van der Waals surface area contributed by atoms with Crippen molar-refractivity contribution in [2.24, 2.45) is 0 Å². The van der Waals surface area contributed by atoms with E-state index in [2.05, 4.69) is 72.8 Å². The van der Waals surface area contributed by atoms with E-state index in [9.17, 15) is 4.79 Å². The highest BCUT2D eigenvalue weighted by Crippen LogP contribution is 2.46. The lowest BCUT2D eigenvalue weighted by Gasteiger charge is -2.42. The van der Waals surface area contributed by atoms with Crippen LogP contribution in [0.4, 0.5) is 5.69 Å². The van der Waals surface area contributed by atoms with Gasteiger partial charge in [-0.15, -0.1) is 11.8 Å². The predicted molar refractivity (Wildman–Crippen MR) is 154 cm³/mol. The number of rotatable bonds is 5. The molecule has 3 heterocycles. The van der Waals surface area contributed by atoms with Crippen LogP contribution in [0, 0.1) is 0 Å². The maximum Gasteiger partial charge on any atom is 0.195 e. The number of aromatic nitrogens is 1. The SMILES string of the molecule is CCSc1ccc2c3c([nH]c2c1)C(C)(C)c1cc(N2CCC(N4CCOCC4)CC2)c(CC)cc1C3=O. The lowest BCUT2D eigenvalue weighted by atomic mass is 9.70. The first kappa shape index (κ1) is 25.0. The summed E-state index contributed by atoms with van der Waals surface area (Å²) in [5.74, 6) is 1.20. The number of hydrogen-bond donors (Lipinski definition) is 1. The number of nitrogens with one attached hydrogen (secondary N) is 1. The number of fused-ring (bicyclic) bond motifs is 4. The fourth-order valence-corrected chi connectivity index (χ4v) is 7.44. The fraction of sp³-hybridized carbons (Fsp3) is 0.516. The highest BCUT2D eigenvalue weighted by atomic mass is 32.2. The van der Waals surface area contributed by atoms with Crippen LogP contribution in [0.3, 0.4) is 0 Å². The summed E-state index contributed by atoms with van der Waals surface area (Å²) >= 11 is 1.84. The third-order valence-electron chi connectivity index (χ3n) is 8.82. The zero-order chi connectivity index (χ0) is 25.7. The monoisotopic (exact) mass is 517 g/mol. The summed E-state index contributed by atoms with van der Waals surface area (Å²) in [7, 11) is 0. The number of thioether (sulfide) groups is 1. The molecule has 3 aromatic rings. The molecule has 0 radical (unpaired) electrons. The number of benzene rings is 2. The van der Waals surface area contributed by atoms with Crippen molar-refractivity contribution < 1.29 is 9.53 Å². The van der Waals surface area contributed by atoms with E-state index in [4.69, 9.17) is 4.74 Å². The van der Waals surface area contributed by atoms with Crippen LogP contribution < -0.4 is 4.90 Å².